The maximum absolute atomic E-state index is 12.3. The van der Waals surface area contributed by atoms with Crippen LogP contribution in [0.5, 0.6) is 5.75 Å². The van der Waals surface area contributed by atoms with Crippen molar-refractivity contribution in [2.24, 2.45) is 0 Å². The number of thiazole rings is 1. The van der Waals surface area contributed by atoms with Crippen molar-refractivity contribution in [3.63, 3.8) is 0 Å². The van der Waals surface area contributed by atoms with E-state index >= 15 is 0 Å². The molecule has 134 valence electrons. The molecule has 26 heavy (non-hydrogen) atoms. The van der Waals surface area contributed by atoms with Crippen molar-refractivity contribution in [3.05, 3.63) is 69.5 Å². The number of benzene rings is 2. The molecule has 0 fully saturated rings. The summed E-state index contributed by atoms with van der Waals surface area (Å²) in [6.45, 7) is 4.01. The molecule has 0 spiro atoms. The van der Waals surface area contributed by atoms with Crippen LogP contribution in [0, 0.1) is 6.92 Å². The zero-order valence-corrected chi connectivity index (χ0v) is 16.1. The maximum Gasteiger partial charge on any atom is 0.261 e. The molecule has 0 saturated carbocycles. The second kappa shape index (κ2) is 8.34. The van der Waals surface area contributed by atoms with E-state index < -0.39 is 6.10 Å². The smallest absolute Gasteiger partial charge is 0.261 e. The average molecular weight is 387 g/mol. The summed E-state index contributed by atoms with van der Waals surface area (Å²) in [4.78, 5) is 16.9. The molecule has 1 unspecified atom stereocenters. The number of halogens is 1. The SMILES string of the molecule is Cc1ccc(Cl)c(OC(C)C(=O)NCc2nc(-c3ccccc3)cs2)c1. The molecule has 1 heterocycles. The Balaban J connectivity index is 1.57. The summed E-state index contributed by atoms with van der Waals surface area (Å²) < 4.78 is 5.69. The van der Waals surface area contributed by atoms with Crippen molar-refractivity contribution in [2.45, 2.75) is 26.5 Å². The Labute approximate surface area is 161 Å². The van der Waals surface area contributed by atoms with Gasteiger partial charge in [-0.25, -0.2) is 4.98 Å². The molecule has 0 aliphatic carbocycles. The third-order valence-electron chi connectivity index (χ3n) is 3.79. The third kappa shape index (κ3) is 4.62. The fourth-order valence-corrected chi connectivity index (χ4v) is 3.29. The van der Waals surface area contributed by atoms with Crippen LogP contribution in [0.1, 0.15) is 17.5 Å². The second-order valence-corrected chi connectivity index (χ2v) is 7.25. The highest BCUT2D eigenvalue weighted by molar-refractivity contribution is 7.09. The molecule has 0 aliphatic rings. The van der Waals surface area contributed by atoms with Crippen LogP contribution in [-0.2, 0) is 11.3 Å². The number of nitrogens with zero attached hydrogens (tertiary/aromatic N) is 1. The zero-order valence-electron chi connectivity index (χ0n) is 14.5. The van der Waals surface area contributed by atoms with Gasteiger partial charge < -0.3 is 10.1 Å². The average Bonchev–Trinajstić information content (AvgIpc) is 3.12. The molecule has 3 rings (SSSR count). The molecule has 1 N–H and O–H groups in total. The van der Waals surface area contributed by atoms with E-state index in [2.05, 4.69) is 10.3 Å². The molecule has 0 saturated heterocycles. The van der Waals surface area contributed by atoms with Crippen LogP contribution < -0.4 is 10.1 Å². The molecule has 1 amide bonds. The fourth-order valence-electron chi connectivity index (χ4n) is 2.38. The number of carbonyl (C=O) groups is 1. The van der Waals surface area contributed by atoms with E-state index in [1.54, 1.807) is 13.0 Å². The molecular formula is C20H19ClN2O2S. The zero-order chi connectivity index (χ0) is 18.5. The highest BCUT2D eigenvalue weighted by atomic mass is 35.5. The van der Waals surface area contributed by atoms with E-state index in [-0.39, 0.29) is 5.91 Å². The predicted octanol–water partition coefficient (Wildman–Crippen LogP) is 4.86. The number of aromatic nitrogens is 1. The van der Waals surface area contributed by atoms with Crippen LogP contribution in [-0.4, -0.2) is 17.0 Å². The van der Waals surface area contributed by atoms with Crippen LogP contribution in [0.4, 0.5) is 0 Å². The predicted molar refractivity (Wildman–Crippen MR) is 106 cm³/mol. The van der Waals surface area contributed by atoms with Crippen LogP contribution >= 0.6 is 22.9 Å². The topological polar surface area (TPSA) is 51.2 Å². The molecule has 3 aromatic rings. The third-order valence-corrected chi connectivity index (χ3v) is 4.96. The first kappa shape index (κ1) is 18.4. The van der Waals surface area contributed by atoms with Gasteiger partial charge in [-0.05, 0) is 31.5 Å². The van der Waals surface area contributed by atoms with Crippen molar-refractivity contribution in [1.29, 1.82) is 0 Å². The van der Waals surface area contributed by atoms with Crippen molar-refractivity contribution >= 4 is 28.8 Å². The van der Waals surface area contributed by atoms with Gasteiger partial charge in [0.25, 0.3) is 5.91 Å². The van der Waals surface area contributed by atoms with E-state index in [1.165, 1.54) is 11.3 Å². The molecule has 1 atom stereocenters. The quantitative estimate of drug-likeness (QED) is 0.658. The Bertz CT molecular complexity index is 896. The Hall–Kier alpha value is -2.37. The minimum atomic E-state index is -0.650. The van der Waals surface area contributed by atoms with E-state index in [9.17, 15) is 4.79 Å². The van der Waals surface area contributed by atoms with Gasteiger partial charge in [0.05, 0.1) is 17.3 Å². The lowest BCUT2D eigenvalue weighted by molar-refractivity contribution is -0.127. The Morgan fingerprint density at radius 3 is 2.81 bits per heavy atom. The van der Waals surface area contributed by atoms with E-state index in [4.69, 9.17) is 16.3 Å². The lowest BCUT2D eigenvalue weighted by Gasteiger charge is -2.15. The van der Waals surface area contributed by atoms with Crippen molar-refractivity contribution in [3.8, 4) is 17.0 Å². The van der Waals surface area contributed by atoms with E-state index in [1.807, 2.05) is 54.8 Å². The standard InChI is InChI=1S/C20H19ClN2O2S/c1-13-8-9-16(21)18(10-13)25-14(2)20(24)22-11-19-23-17(12-26-19)15-6-4-3-5-7-15/h3-10,12,14H,11H2,1-2H3,(H,22,24). The molecule has 0 bridgehead atoms. The highest BCUT2D eigenvalue weighted by Gasteiger charge is 2.16. The number of carbonyl (C=O) groups excluding carboxylic acids is 1. The minimum Gasteiger partial charge on any atom is -0.479 e. The second-order valence-electron chi connectivity index (χ2n) is 5.90. The van der Waals surface area contributed by atoms with E-state index in [0.29, 0.717) is 17.3 Å². The van der Waals surface area contributed by atoms with Gasteiger partial charge in [-0.2, -0.15) is 0 Å². The first-order chi connectivity index (χ1) is 12.5. The van der Waals surface area contributed by atoms with Gasteiger partial charge in [0.1, 0.15) is 10.8 Å². The van der Waals surface area contributed by atoms with E-state index in [0.717, 1.165) is 21.8 Å². The number of aryl methyl sites for hydroxylation is 1. The summed E-state index contributed by atoms with van der Waals surface area (Å²) in [7, 11) is 0. The lowest BCUT2D eigenvalue weighted by atomic mass is 10.2. The number of nitrogens with one attached hydrogen (secondary N) is 1. The summed E-state index contributed by atoms with van der Waals surface area (Å²) >= 11 is 7.63. The molecule has 2 aromatic carbocycles. The summed E-state index contributed by atoms with van der Waals surface area (Å²) in [5.74, 6) is 0.300. The van der Waals surface area contributed by atoms with Gasteiger partial charge >= 0.3 is 0 Å². The number of ether oxygens (including phenoxy) is 1. The summed E-state index contributed by atoms with van der Waals surface area (Å²) in [5, 5.41) is 6.18. The summed E-state index contributed by atoms with van der Waals surface area (Å²) in [6, 6.07) is 15.4. The van der Waals surface area contributed by atoms with Crippen LogP contribution in [0.15, 0.2) is 53.9 Å². The molecule has 0 radical (unpaired) electrons. The van der Waals surface area contributed by atoms with Crippen molar-refractivity contribution in [1.82, 2.24) is 10.3 Å². The minimum absolute atomic E-state index is 0.209. The maximum atomic E-state index is 12.3. The van der Waals surface area contributed by atoms with Gasteiger partial charge in [0.2, 0.25) is 0 Å². The highest BCUT2D eigenvalue weighted by Crippen LogP contribution is 2.26. The monoisotopic (exact) mass is 386 g/mol. The van der Waals surface area contributed by atoms with Gasteiger partial charge in [-0.15, -0.1) is 11.3 Å². The van der Waals surface area contributed by atoms with Crippen molar-refractivity contribution < 1.29 is 9.53 Å². The molecule has 4 nitrogen and oxygen atoms in total. The van der Waals surface area contributed by atoms with Gasteiger partial charge in [0.15, 0.2) is 6.10 Å². The number of amides is 1. The van der Waals surface area contributed by atoms with Gasteiger partial charge in [-0.1, -0.05) is 48.0 Å². The molecule has 6 heteroatoms. The van der Waals surface area contributed by atoms with Crippen LogP contribution in [0.25, 0.3) is 11.3 Å². The van der Waals surface area contributed by atoms with Crippen LogP contribution in [0.3, 0.4) is 0 Å². The first-order valence-electron chi connectivity index (χ1n) is 8.23. The number of hydrogen-bond donors (Lipinski definition) is 1. The first-order valence-corrected chi connectivity index (χ1v) is 9.49. The van der Waals surface area contributed by atoms with Gasteiger partial charge in [0, 0.05) is 10.9 Å². The molecule has 0 aliphatic heterocycles. The normalized spacial score (nSPS) is 11.8. The van der Waals surface area contributed by atoms with Crippen LogP contribution in [0.2, 0.25) is 5.02 Å². The molecular weight excluding hydrogens is 368 g/mol. The summed E-state index contributed by atoms with van der Waals surface area (Å²) in [6.07, 6.45) is -0.650. The molecule has 1 aromatic heterocycles. The van der Waals surface area contributed by atoms with Gasteiger partial charge in [-0.3, -0.25) is 4.79 Å². The largest absolute Gasteiger partial charge is 0.479 e. The Morgan fingerprint density at radius 2 is 2.04 bits per heavy atom. The van der Waals surface area contributed by atoms with Crippen molar-refractivity contribution in [2.75, 3.05) is 0 Å². The summed E-state index contributed by atoms with van der Waals surface area (Å²) in [5.41, 5.74) is 3.00. The Morgan fingerprint density at radius 1 is 1.27 bits per heavy atom. The fraction of sp³-hybridized carbons (Fsp3) is 0.200. The number of rotatable bonds is 6. The Kier molecular flexibility index (Phi) is 5.91. The number of hydrogen-bond acceptors (Lipinski definition) is 4. The lowest BCUT2D eigenvalue weighted by Crippen LogP contribution is -2.35.